The van der Waals surface area contributed by atoms with Crippen molar-refractivity contribution in [2.45, 2.75) is 20.0 Å². The summed E-state index contributed by atoms with van der Waals surface area (Å²) in [6, 6.07) is 6.72. The van der Waals surface area contributed by atoms with E-state index in [0.29, 0.717) is 11.3 Å². The van der Waals surface area contributed by atoms with Crippen LogP contribution >= 0.6 is 0 Å². The molecule has 0 saturated carbocycles. The Hall–Kier alpha value is -1.07. The summed E-state index contributed by atoms with van der Waals surface area (Å²) < 4.78 is 25.0. The van der Waals surface area contributed by atoms with E-state index in [4.69, 9.17) is 0 Å². The Labute approximate surface area is 90.0 Å². The lowest BCUT2D eigenvalue weighted by atomic mass is 10.1. The van der Waals surface area contributed by atoms with E-state index >= 15 is 0 Å². The van der Waals surface area contributed by atoms with Crippen LogP contribution in [0, 0.1) is 0 Å². The van der Waals surface area contributed by atoms with Crippen molar-refractivity contribution < 1.29 is 13.5 Å². The summed E-state index contributed by atoms with van der Waals surface area (Å²) in [7, 11) is -3.25. The van der Waals surface area contributed by atoms with Crippen LogP contribution < -0.4 is 4.72 Å². The predicted molar refractivity (Wildman–Crippen MR) is 60.2 cm³/mol. The second-order valence-corrected chi connectivity index (χ2v) is 5.32. The predicted octanol–water partition coefficient (Wildman–Crippen LogP) is 1.50. The molecular weight excluding hydrogens is 214 g/mol. The molecule has 0 bridgehead atoms. The molecule has 0 fully saturated rings. The Morgan fingerprint density at radius 1 is 1.47 bits per heavy atom. The van der Waals surface area contributed by atoms with E-state index in [2.05, 4.69) is 4.72 Å². The van der Waals surface area contributed by atoms with Crippen LogP contribution in [0.25, 0.3) is 0 Å². The standard InChI is InChI=1S/C10H15NO3S/c1-3-15(13,14)11-10-6-4-5-9(7-10)8(2)12/h4-8,11-12H,3H2,1-2H3. The molecule has 2 N–H and O–H groups in total. The lowest BCUT2D eigenvalue weighted by Crippen LogP contribution is -2.14. The minimum absolute atomic E-state index is 0.0336. The molecule has 0 saturated heterocycles. The molecular formula is C10H15NO3S. The van der Waals surface area contributed by atoms with Crippen molar-refractivity contribution in [1.82, 2.24) is 0 Å². The summed E-state index contributed by atoms with van der Waals surface area (Å²) in [5, 5.41) is 9.33. The molecule has 1 rings (SSSR count). The highest BCUT2D eigenvalue weighted by Gasteiger charge is 2.07. The molecule has 0 aliphatic heterocycles. The number of rotatable bonds is 4. The van der Waals surface area contributed by atoms with Crippen molar-refractivity contribution in [2.75, 3.05) is 10.5 Å². The molecule has 15 heavy (non-hydrogen) atoms. The molecule has 0 amide bonds. The Kier molecular flexibility index (Phi) is 3.71. The number of sulfonamides is 1. The van der Waals surface area contributed by atoms with E-state index in [1.54, 1.807) is 38.1 Å². The molecule has 0 aliphatic carbocycles. The second kappa shape index (κ2) is 4.63. The minimum Gasteiger partial charge on any atom is -0.389 e. The SMILES string of the molecule is CCS(=O)(=O)Nc1cccc(C(C)O)c1. The summed E-state index contributed by atoms with van der Waals surface area (Å²) in [6.45, 7) is 3.20. The Bertz CT molecular complexity index is 426. The summed E-state index contributed by atoms with van der Waals surface area (Å²) in [4.78, 5) is 0. The second-order valence-electron chi connectivity index (χ2n) is 3.31. The first-order chi connectivity index (χ1) is 6.94. The monoisotopic (exact) mass is 229 g/mol. The molecule has 4 nitrogen and oxygen atoms in total. The zero-order valence-electron chi connectivity index (χ0n) is 8.77. The average Bonchev–Trinajstić information content (AvgIpc) is 2.17. The zero-order chi connectivity index (χ0) is 11.5. The number of aliphatic hydroxyl groups is 1. The molecule has 1 unspecified atom stereocenters. The van der Waals surface area contributed by atoms with E-state index < -0.39 is 16.1 Å². The van der Waals surface area contributed by atoms with Gasteiger partial charge in [-0.3, -0.25) is 4.72 Å². The van der Waals surface area contributed by atoms with Gasteiger partial charge in [0.1, 0.15) is 0 Å². The summed E-state index contributed by atoms with van der Waals surface area (Å²) in [5.74, 6) is 0.0336. The van der Waals surface area contributed by atoms with Crippen LogP contribution in [-0.4, -0.2) is 19.3 Å². The van der Waals surface area contributed by atoms with Gasteiger partial charge in [-0.25, -0.2) is 8.42 Å². The quantitative estimate of drug-likeness (QED) is 0.822. The first kappa shape index (κ1) is 12.0. The van der Waals surface area contributed by atoms with E-state index in [9.17, 15) is 13.5 Å². The molecule has 5 heteroatoms. The van der Waals surface area contributed by atoms with Gasteiger partial charge in [0, 0.05) is 5.69 Å². The van der Waals surface area contributed by atoms with Crippen molar-refractivity contribution in [3.63, 3.8) is 0 Å². The summed E-state index contributed by atoms with van der Waals surface area (Å²) in [5.41, 5.74) is 1.17. The molecule has 84 valence electrons. The van der Waals surface area contributed by atoms with Crippen LogP contribution in [0.5, 0.6) is 0 Å². The van der Waals surface area contributed by atoms with Crippen LogP contribution in [0.15, 0.2) is 24.3 Å². The fourth-order valence-corrected chi connectivity index (χ4v) is 1.74. The normalized spacial score (nSPS) is 13.5. The van der Waals surface area contributed by atoms with Crippen molar-refractivity contribution in [1.29, 1.82) is 0 Å². The molecule has 0 spiro atoms. The largest absolute Gasteiger partial charge is 0.389 e. The van der Waals surface area contributed by atoms with Gasteiger partial charge in [-0.2, -0.15) is 0 Å². The number of anilines is 1. The lowest BCUT2D eigenvalue weighted by molar-refractivity contribution is 0.199. The molecule has 0 heterocycles. The van der Waals surface area contributed by atoms with E-state index in [1.165, 1.54) is 0 Å². The van der Waals surface area contributed by atoms with E-state index in [0.717, 1.165) is 0 Å². The molecule has 0 radical (unpaired) electrons. The van der Waals surface area contributed by atoms with Gasteiger partial charge >= 0.3 is 0 Å². The summed E-state index contributed by atoms with van der Waals surface area (Å²) in [6.07, 6.45) is -0.601. The maximum absolute atomic E-state index is 11.3. The van der Waals surface area contributed by atoms with Crippen molar-refractivity contribution >= 4 is 15.7 Å². The van der Waals surface area contributed by atoms with Gasteiger partial charge in [-0.15, -0.1) is 0 Å². The first-order valence-corrected chi connectivity index (χ1v) is 6.38. The number of nitrogens with one attached hydrogen (secondary N) is 1. The van der Waals surface area contributed by atoms with Crippen molar-refractivity contribution in [2.24, 2.45) is 0 Å². The molecule has 1 aromatic carbocycles. The van der Waals surface area contributed by atoms with Crippen molar-refractivity contribution in [3.8, 4) is 0 Å². The summed E-state index contributed by atoms with van der Waals surface area (Å²) >= 11 is 0. The lowest BCUT2D eigenvalue weighted by Gasteiger charge is -2.09. The number of aliphatic hydroxyl groups excluding tert-OH is 1. The smallest absolute Gasteiger partial charge is 0.232 e. The van der Waals surface area contributed by atoms with E-state index in [-0.39, 0.29) is 5.75 Å². The molecule has 0 aromatic heterocycles. The van der Waals surface area contributed by atoms with Gasteiger partial charge in [0.15, 0.2) is 0 Å². The van der Waals surface area contributed by atoms with Crippen molar-refractivity contribution in [3.05, 3.63) is 29.8 Å². The Morgan fingerprint density at radius 3 is 2.67 bits per heavy atom. The topological polar surface area (TPSA) is 66.4 Å². The van der Waals surface area contributed by atoms with Gasteiger partial charge < -0.3 is 5.11 Å². The first-order valence-electron chi connectivity index (χ1n) is 4.73. The fourth-order valence-electron chi connectivity index (χ4n) is 1.11. The number of hydrogen-bond acceptors (Lipinski definition) is 3. The van der Waals surface area contributed by atoms with Crippen LogP contribution in [0.4, 0.5) is 5.69 Å². The average molecular weight is 229 g/mol. The highest BCUT2D eigenvalue weighted by atomic mass is 32.2. The fraction of sp³-hybridized carbons (Fsp3) is 0.400. The Morgan fingerprint density at radius 2 is 2.13 bits per heavy atom. The molecule has 1 atom stereocenters. The Balaban J connectivity index is 2.92. The number of benzene rings is 1. The van der Waals surface area contributed by atoms with Crippen LogP contribution in [0.3, 0.4) is 0 Å². The van der Waals surface area contributed by atoms with Crippen LogP contribution in [-0.2, 0) is 10.0 Å². The molecule has 0 aliphatic rings. The van der Waals surface area contributed by atoms with Crippen LogP contribution in [0.1, 0.15) is 25.5 Å². The highest BCUT2D eigenvalue weighted by Crippen LogP contribution is 2.17. The maximum atomic E-state index is 11.3. The van der Waals surface area contributed by atoms with Gasteiger partial charge in [-0.1, -0.05) is 12.1 Å². The van der Waals surface area contributed by atoms with Gasteiger partial charge in [0.25, 0.3) is 0 Å². The van der Waals surface area contributed by atoms with E-state index in [1.807, 2.05) is 0 Å². The third-order valence-electron chi connectivity index (χ3n) is 2.02. The van der Waals surface area contributed by atoms with Crippen LogP contribution in [0.2, 0.25) is 0 Å². The van der Waals surface area contributed by atoms with Gasteiger partial charge in [0.2, 0.25) is 10.0 Å². The minimum atomic E-state index is -3.25. The van der Waals surface area contributed by atoms with Gasteiger partial charge in [0.05, 0.1) is 11.9 Å². The molecule has 1 aromatic rings. The number of hydrogen-bond donors (Lipinski definition) is 2. The maximum Gasteiger partial charge on any atom is 0.232 e. The third kappa shape index (κ3) is 3.53. The third-order valence-corrected chi connectivity index (χ3v) is 3.33. The highest BCUT2D eigenvalue weighted by molar-refractivity contribution is 7.92. The van der Waals surface area contributed by atoms with Gasteiger partial charge in [-0.05, 0) is 31.5 Å². The zero-order valence-corrected chi connectivity index (χ0v) is 9.58.